The van der Waals surface area contributed by atoms with Crippen molar-refractivity contribution in [1.82, 2.24) is 10.2 Å². The van der Waals surface area contributed by atoms with Gasteiger partial charge in [-0.05, 0) is 25.7 Å². The summed E-state index contributed by atoms with van der Waals surface area (Å²) in [7, 11) is 0. The third-order valence-electron chi connectivity index (χ3n) is 3.85. The van der Waals surface area contributed by atoms with Gasteiger partial charge in [-0.2, -0.15) is 0 Å². The Morgan fingerprint density at radius 1 is 1.21 bits per heavy atom. The molecule has 2 N–H and O–H groups in total. The van der Waals surface area contributed by atoms with Crippen LogP contribution in [0.2, 0.25) is 5.15 Å². The zero-order valence-electron chi connectivity index (χ0n) is 10.7. The van der Waals surface area contributed by atoms with Crippen molar-refractivity contribution < 1.29 is 9.84 Å². The quantitative estimate of drug-likeness (QED) is 0.871. The molecule has 0 spiro atoms. The SMILES string of the molecule is O[C@@H]1CCCC[C@H]1Nc1nnc(Cl)c2c1OCCC2. The highest BCUT2D eigenvalue weighted by Crippen LogP contribution is 2.35. The summed E-state index contributed by atoms with van der Waals surface area (Å²) >= 11 is 6.05. The second kappa shape index (κ2) is 5.51. The molecule has 0 bridgehead atoms. The number of nitrogens with one attached hydrogen (secondary N) is 1. The van der Waals surface area contributed by atoms with Gasteiger partial charge in [-0.15, -0.1) is 10.2 Å². The first-order valence-electron chi connectivity index (χ1n) is 6.88. The number of hydrogen-bond acceptors (Lipinski definition) is 5. The largest absolute Gasteiger partial charge is 0.489 e. The maximum absolute atomic E-state index is 10.0. The van der Waals surface area contributed by atoms with Gasteiger partial charge in [-0.1, -0.05) is 24.4 Å². The van der Waals surface area contributed by atoms with Crippen molar-refractivity contribution in [2.24, 2.45) is 0 Å². The van der Waals surface area contributed by atoms with Crippen molar-refractivity contribution in [3.8, 4) is 5.75 Å². The Bertz CT molecular complexity index is 469. The van der Waals surface area contributed by atoms with E-state index in [9.17, 15) is 5.11 Å². The molecule has 0 aromatic carbocycles. The maximum atomic E-state index is 10.0. The van der Waals surface area contributed by atoms with Gasteiger partial charge in [0, 0.05) is 5.56 Å². The molecule has 0 unspecified atom stereocenters. The molecule has 0 saturated heterocycles. The average Bonchev–Trinajstić information content (AvgIpc) is 2.44. The topological polar surface area (TPSA) is 67.3 Å². The number of ether oxygens (including phenoxy) is 1. The lowest BCUT2D eigenvalue weighted by atomic mass is 9.92. The molecule has 1 aliphatic heterocycles. The molecule has 6 heteroatoms. The fourth-order valence-corrected chi connectivity index (χ4v) is 3.00. The van der Waals surface area contributed by atoms with Gasteiger partial charge in [0.1, 0.15) is 0 Å². The third kappa shape index (κ3) is 2.62. The predicted octanol–water partition coefficient (Wildman–Crippen LogP) is 2.17. The lowest BCUT2D eigenvalue weighted by Gasteiger charge is -2.30. The molecule has 3 rings (SSSR count). The van der Waals surface area contributed by atoms with Crippen LogP contribution in [0.15, 0.2) is 0 Å². The average molecular weight is 284 g/mol. The van der Waals surface area contributed by atoms with Crippen LogP contribution < -0.4 is 10.1 Å². The summed E-state index contributed by atoms with van der Waals surface area (Å²) in [6.07, 6.45) is 5.47. The summed E-state index contributed by atoms with van der Waals surface area (Å²) in [5.41, 5.74) is 0.927. The zero-order chi connectivity index (χ0) is 13.2. The van der Waals surface area contributed by atoms with Crippen LogP contribution in [0.1, 0.15) is 37.7 Å². The Balaban J connectivity index is 1.84. The standard InChI is InChI=1S/C13H18ClN3O2/c14-12-8-4-3-7-19-11(8)13(17-16-12)15-9-5-1-2-6-10(9)18/h9-10,18H,1-7H2,(H,15,17)/t9-,10-/m1/s1. The van der Waals surface area contributed by atoms with Crippen LogP contribution >= 0.6 is 11.6 Å². The number of nitrogens with zero attached hydrogens (tertiary/aromatic N) is 2. The Morgan fingerprint density at radius 3 is 2.89 bits per heavy atom. The number of halogens is 1. The van der Waals surface area contributed by atoms with Crippen LogP contribution in [-0.4, -0.2) is 34.1 Å². The number of hydrogen-bond donors (Lipinski definition) is 2. The Hall–Kier alpha value is -1.07. The fraction of sp³-hybridized carbons (Fsp3) is 0.692. The van der Waals surface area contributed by atoms with E-state index in [-0.39, 0.29) is 12.1 Å². The molecule has 1 aliphatic carbocycles. The first-order chi connectivity index (χ1) is 9.25. The molecule has 19 heavy (non-hydrogen) atoms. The van der Waals surface area contributed by atoms with Gasteiger partial charge in [0.25, 0.3) is 0 Å². The molecular formula is C13H18ClN3O2. The second-order valence-corrected chi connectivity index (χ2v) is 5.56. The Morgan fingerprint density at radius 2 is 2.05 bits per heavy atom. The summed E-state index contributed by atoms with van der Waals surface area (Å²) in [6, 6.07) is 0.0267. The monoisotopic (exact) mass is 283 g/mol. The van der Waals surface area contributed by atoms with E-state index in [0.717, 1.165) is 44.1 Å². The second-order valence-electron chi connectivity index (χ2n) is 5.20. The smallest absolute Gasteiger partial charge is 0.191 e. The summed E-state index contributed by atoms with van der Waals surface area (Å²) < 4.78 is 5.68. The number of aromatic nitrogens is 2. The highest BCUT2D eigenvalue weighted by molar-refractivity contribution is 6.30. The van der Waals surface area contributed by atoms with Crippen molar-refractivity contribution >= 4 is 17.4 Å². The predicted molar refractivity (Wildman–Crippen MR) is 72.7 cm³/mol. The molecule has 2 heterocycles. The van der Waals surface area contributed by atoms with Crippen molar-refractivity contribution in [3.05, 3.63) is 10.7 Å². The molecule has 1 aromatic rings. The molecule has 0 amide bonds. The Labute approximate surface area is 117 Å². The number of aliphatic hydroxyl groups excluding tert-OH is 1. The Kier molecular flexibility index (Phi) is 3.75. The van der Waals surface area contributed by atoms with Crippen molar-refractivity contribution in [1.29, 1.82) is 0 Å². The third-order valence-corrected chi connectivity index (χ3v) is 4.15. The summed E-state index contributed by atoms with van der Waals surface area (Å²) in [5, 5.41) is 21.8. The van der Waals surface area contributed by atoms with E-state index in [1.165, 1.54) is 0 Å². The van der Waals surface area contributed by atoms with Crippen molar-refractivity contribution in [3.63, 3.8) is 0 Å². The van der Waals surface area contributed by atoms with E-state index in [4.69, 9.17) is 16.3 Å². The minimum atomic E-state index is -0.328. The van der Waals surface area contributed by atoms with E-state index in [2.05, 4.69) is 15.5 Å². The number of rotatable bonds is 2. The number of fused-ring (bicyclic) bond motifs is 1. The van der Waals surface area contributed by atoms with Gasteiger partial charge in [0.15, 0.2) is 16.7 Å². The summed E-state index contributed by atoms with van der Waals surface area (Å²) in [5.74, 6) is 1.33. The van der Waals surface area contributed by atoms with E-state index in [1.807, 2.05) is 0 Å². The molecule has 104 valence electrons. The van der Waals surface area contributed by atoms with Crippen LogP contribution in [0.25, 0.3) is 0 Å². The fourth-order valence-electron chi connectivity index (χ4n) is 2.78. The molecule has 0 radical (unpaired) electrons. The summed E-state index contributed by atoms with van der Waals surface area (Å²) in [6.45, 7) is 0.678. The first kappa shape index (κ1) is 12.9. The van der Waals surface area contributed by atoms with Gasteiger partial charge >= 0.3 is 0 Å². The molecule has 2 aliphatic rings. The lowest BCUT2D eigenvalue weighted by molar-refractivity contribution is 0.116. The van der Waals surface area contributed by atoms with E-state index in [0.29, 0.717) is 23.3 Å². The lowest BCUT2D eigenvalue weighted by Crippen LogP contribution is -2.37. The normalized spacial score (nSPS) is 26.4. The zero-order valence-corrected chi connectivity index (χ0v) is 11.5. The van der Waals surface area contributed by atoms with Crippen molar-refractivity contribution in [2.45, 2.75) is 50.7 Å². The van der Waals surface area contributed by atoms with Gasteiger partial charge in [-0.3, -0.25) is 0 Å². The first-order valence-corrected chi connectivity index (χ1v) is 7.26. The minimum Gasteiger partial charge on any atom is -0.489 e. The van der Waals surface area contributed by atoms with Crippen LogP contribution in [0.4, 0.5) is 5.82 Å². The number of aliphatic hydroxyl groups is 1. The highest BCUT2D eigenvalue weighted by atomic mass is 35.5. The molecule has 1 fully saturated rings. The van der Waals surface area contributed by atoms with E-state index >= 15 is 0 Å². The molecular weight excluding hydrogens is 266 g/mol. The number of anilines is 1. The van der Waals surface area contributed by atoms with Gasteiger partial charge in [-0.25, -0.2) is 0 Å². The van der Waals surface area contributed by atoms with Crippen molar-refractivity contribution in [2.75, 3.05) is 11.9 Å². The minimum absolute atomic E-state index is 0.0267. The molecule has 5 nitrogen and oxygen atoms in total. The summed E-state index contributed by atoms with van der Waals surface area (Å²) in [4.78, 5) is 0. The maximum Gasteiger partial charge on any atom is 0.191 e. The van der Waals surface area contributed by atoms with Crippen LogP contribution in [0.5, 0.6) is 5.75 Å². The van der Waals surface area contributed by atoms with E-state index < -0.39 is 0 Å². The van der Waals surface area contributed by atoms with Gasteiger partial charge in [0.2, 0.25) is 0 Å². The van der Waals surface area contributed by atoms with Gasteiger partial charge < -0.3 is 15.2 Å². The van der Waals surface area contributed by atoms with Crippen LogP contribution in [-0.2, 0) is 6.42 Å². The molecule has 1 saturated carbocycles. The van der Waals surface area contributed by atoms with Crippen LogP contribution in [0, 0.1) is 0 Å². The van der Waals surface area contributed by atoms with Crippen LogP contribution in [0.3, 0.4) is 0 Å². The molecule has 2 atom stereocenters. The molecule has 1 aromatic heterocycles. The highest BCUT2D eigenvalue weighted by Gasteiger charge is 2.27. The van der Waals surface area contributed by atoms with Gasteiger partial charge in [0.05, 0.1) is 18.8 Å². The van der Waals surface area contributed by atoms with E-state index in [1.54, 1.807) is 0 Å².